The molecule has 0 aliphatic carbocycles. The van der Waals surface area contributed by atoms with Gasteiger partial charge in [-0.15, -0.1) is 12.4 Å². The highest BCUT2D eigenvalue weighted by molar-refractivity contribution is 6.31. The second-order valence-electron chi connectivity index (χ2n) is 4.19. The van der Waals surface area contributed by atoms with Crippen LogP contribution in [0.4, 0.5) is 0 Å². The van der Waals surface area contributed by atoms with E-state index in [-0.39, 0.29) is 18.4 Å². The number of nitrogens with one attached hydrogen (secondary N) is 1. The van der Waals surface area contributed by atoms with Gasteiger partial charge in [0.15, 0.2) is 0 Å². The van der Waals surface area contributed by atoms with E-state index < -0.39 is 0 Å². The maximum Gasteiger partial charge on any atom is 0.209 e. The fourth-order valence-corrected chi connectivity index (χ4v) is 1.93. The van der Waals surface area contributed by atoms with E-state index in [1.54, 1.807) is 31.3 Å². The van der Waals surface area contributed by atoms with Gasteiger partial charge in [-0.1, -0.05) is 47.5 Å². The molecule has 0 saturated carbocycles. The molecule has 0 aliphatic rings. The molecule has 0 saturated heterocycles. The molecule has 3 N–H and O–H groups in total. The molecule has 0 atom stereocenters. The molecule has 22 heavy (non-hydrogen) atoms. The predicted molar refractivity (Wildman–Crippen MR) is 96.5 cm³/mol. The lowest BCUT2D eigenvalue weighted by atomic mass is 10.0. The van der Waals surface area contributed by atoms with Crippen molar-refractivity contribution in [3.8, 4) is 0 Å². The highest BCUT2D eigenvalue weighted by Crippen LogP contribution is 2.16. The van der Waals surface area contributed by atoms with Crippen LogP contribution in [0.25, 0.3) is 0 Å². The first-order valence-corrected chi connectivity index (χ1v) is 6.93. The molecule has 0 radical (unpaired) electrons. The zero-order valence-electron chi connectivity index (χ0n) is 11.8. The number of guanidine groups is 1. The minimum atomic E-state index is 0. The van der Waals surface area contributed by atoms with Crippen molar-refractivity contribution in [2.75, 3.05) is 7.05 Å². The predicted octanol–water partition coefficient (Wildman–Crippen LogP) is 3.70. The number of nitrogens with two attached hydrogens (primary N) is 1. The average molecular weight is 358 g/mol. The van der Waals surface area contributed by atoms with Crippen molar-refractivity contribution in [3.63, 3.8) is 0 Å². The van der Waals surface area contributed by atoms with E-state index in [1.807, 2.05) is 24.3 Å². The number of hydrazone groups is 1. The molecule has 0 unspecified atom stereocenters. The Bertz CT molecular complexity index is 617. The van der Waals surface area contributed by atoms with Crippen molar-refractivity contribution in [1.82, 2.24) is 5.43 Å². The molecule has 2 aromatic rings. The van der Waals surface area contributed by atoms with Crippen LogP contribution in [0.15, 0.2) is 58.6 Å². The lowest BCUT2D eigenvalue weighted by molar-refractivity contribution is 0.999. The summed E-state index contributed by atoms with van der Waals surface area (Å²) in [6, 6.07) is 14.8. The van der Waals surface area contributed by atoms with E-state index in [0.29, 0.717) is 10.0 Å². The first-order chi connectivity index (χ1) is 10.1. The fraction of sp³-hybridized carbons (Fsp3) is 0.0667. The number of hydrogen-bond acceptors (Lipinski definition) is 2. The number of rotatable bonds is 3. The Morgan fingerprint density at radius 3 is 1.68 bits per heavy atom. The van der Waals surface area contributed by atoms with Crippen LogP contribution in [0.5, 0.6) is 0 Å². The van der Waals surface area contributed by atoms with Crippen LogP contribution in [0, 0.1) is 0 Å². The molecule has 0 aromatic heterocycles. The Labute approximate surface area is 145 Å². The third kappa shape index (κ3) is 4.91. The summed E-state index contributed by atoms with van der Waals surface area (Å²) in [6.07, 6.45) is 0. The SMILES string of the molecule is CN=C(N)NN=C(c1ccc(Cl)cc1)c1ccc(Cl)cc1.Cl. The highest BCUT2D eigenvalue weighted by atomic mass is 35.5. The fourth-order valence-electron chi connectivity index (χ4n) is 1.67. The van der Waals surface area contributed by atoms with Crippen molar-refractivity contribution < 1.29 is 0 Å². The van der Waals surface area contributed by atoms with Crippen molar-refractivity contribution in [2.24, 2.45) is 15.8 Å². The van der Waals surface area contributed by atoms with Gasteiger partial charge in [-0.3, -0.25) is 4.99 Å². The lowest BCUT2D eigenvalue weighted by Gasteiger charge is -2.08. The van der Waals surface area contributed by atoms with Gasteiger partial charge in [0.1, 0.15) is 0 Å². The normalized spacial score (nSPS) is 10.6. The maximum absolute atomic E-state index is 5.92. The molecule has 7 heteroatoms. The summed E-state index contributed by atoms with van der Waals surface area (Å²) in [4.78, 5) is 3.81. The first kappa shape index (κ1) is 18.3. The van der Waals surface area contributed by atoms with Crippen LogP contribution >= 0.6 is 35.6 Å². The van der Waals surface area contributed by atoms with E-state index in [9.17, 15) is 0 Å². The minimum absolute atomic E-state index is 0. The van der Waals surface area contributed by atoms with E-state index >= 15 is 0 Å². The summed E-state index contributed by atoms with van der Waals surface area (Å²) in [7, 11) is 1.59. The topological polar surface area (TPSA) is 62.8 Å². The molecule has 2 rings (SSSR count). The van der Waals surface area contributed by atoms with E-state index in [4.69, 9.17) is 28.9 Å². The van der Waals surface area contributed by atoms with Gasteiger partial charge in [0, 0.05) is 28.2 Å². The van der Waals surface area contributed by atoms with Crippen molar-refractivity contribution >= 4 is 47.3 Å². The molecule has 0 bridgehead atoms. The van der Waals surface area contributed by atoms with Crippen LogP contribution in [0.2, 0.25) is 10.0 Å². The first-order valence-electron chi connectivity index (χ1n) is 6.18. The number of aliphatic imine (C=N–C) groups is 1. The molecule has 0 fully saturated rings. The van der Waals surface area contributed by atoms with Crippen LogP contribution in [-0.2, 0) is 0 Å². The molecule has 0 spiro atoms. The van der Waals surface area contributed by atoms with Gasteiger partial charge >= 0.3 is 0 Å². The molecule has 116 valence electrons. The summed E-state index contributed by atoms with van der Waals surface area (Å²) in [5.41, 5.74) is 10.8. The zero-order chi connectivity index (χ0) is 15.2. The molecule has 4 nitrogen and oxygen atoms in total. The molecule has 2 aromatic carbocycles. The van der Waals surface area contributed by atoms with Crippen molar-refractivity contribution in [1.29, 1.82) is 0 Å². The quantitative estimate of drug-likeness (QED) is 0.500. The lowest BCUT2D eigenvalue weighted by Crippen LogP contribution is -2.28. The van der Waals surface area contributed by atoms with Gasteiger partial charge in [0.25, 0.3) is 0 Å². The molecule has 0 amide bonds. The van der Waals surface area contributed by atoms with Gasteiger partial charge in [0.05, 0.1) is 5.71 Å². The Balaban J connectivity index is 0.00000242. The molecular weight excluding hydrogens is 343 g/mol. The smallest absolute Gasteiger partial charge is 0.209 e. The van der Waals surface area contributed by atoms with Gasteiger partial charge in [0.2, 0.25) is 5.96 Å². The monoisotopic (exact) mass is 356 g/mol. The van der Waals surface area contributed by atoms with Crippen LogP contribution in [0.1, 0.15) is 11.1 Å². The number of benzene rings is 2. The van der Waals surface area contributed by atoms with Gasteiger partial charge in [-0.05, 0) is 24.3 Å². The second-order valence-corrected chi connectivity index (χ2v) is 5.07. The zero-order valence-corrected chi connectivity index (χ0v) is 14.1. The third-order valence-corrected chi connectivity index (χ3v) is 3.26. The van der Waals surface area contributed by atoms with Crippen LogP contribution < -0.4 is 11.2 Å². The summed E-state index contributed by atoms with van der Waals surface area (Å²) in [5, 5.41) is 5.65. The van der Waals surface area contributed by atoms with E-state index in [1.165, 1.54) is 0 Å². The summed E-state index contributed by atoms with van der Waals surface area (Å²) in [5.74, 6) is 0.232. The summed E-state index contributed by atoms with van der Waals surface area (Å²) < 4.78 is 0. The summed E-state index contributed by atoms with van der Waals surface area (Å²) >= 11 is 11.8. The van der Waals surface area contributed by atoms with Gasteiger partial charge in [-0.2, -0.15) is 5.10 Å². The molecule has 0 aliphatic heterocycles. The second kappa shape index (κ2) is 8.63. The Kier molecular flexibility index (Phi) is 7.18. The van der Waals surface area contributed by atoms with Gasteiger partial charge < -0.3 is 5.73 Å². The Morgan fingerprint density at radius 2 is 1.32 bits per heavy atom. The number of halogens is 3. The Hall–Kier alpha value is -1.75. The average Bonchev–Trinajstić information content (AvgIpc) is 2.50. The third-order valence-electron chi connectivity index (χ3n) is 2.76. The minimum Gasteiger partial charge on any atom is -0.369 e. The Morgan fingerprint density at radius 1 is 0.909 bits per heavy atom. The maximum atomic E-state index is 5.92. The van der Waals surface area contributed by atoms with Crippen molar-refractivity contribution in [2.45, 2.75) is 0 Å². The molecule has 0 heterocycles. The van der Waals surface area contributed by atoms with Gasteiger partial charge in [-0.25, -0.2) is 5.43 Å². The van der Waals surface area contributed by atoms with E-state index in [2.05, 4.69) is 15.5 Å². The number of nitrogens with zero attached hydrogens (tertiary/aromatic N) is 2. The van der Waals surface area contributed by atoms with Crippen LogP contribution in [0.3, 0.4) is 0 Å². The highest BCUT2D eigenvalue weighted by Gasteiger charge is 2.07. The molecular formula is C15H15Cl3N4. The summed E-state index contributed by atoms with van der Waals surface area (Å²) in [6.45, 7) is 0. The van der Waals surface area contributed by atoms with Crippen molar-refractivity contribution in [3.05, 3.63) is 69.7 Å². The van der Waals surface area contributed by atoms with E-state index in [0.717, 1.165) is 16.8 Å². The number of hydrogen-bond donors (Lipinski definition) is 2. The van der Waals surface area contributed by atoms with Crippen LogP contribution in [-0.4, -0.2) is 18.7 Å². The largest absolute Gasteiger partial charge is 0.369 e. The standard InChI is InChI=1S/C15H14Cl2N4.ClH/c1-19-15(18)21-20-14(10-2-6-12(16)7-3-10)11-4-8-13(17)9-5-11;/h2-9H,1H3,(H3,18,19,21);1H.